The van der Waals surface area contributed by atoms with E-state index < -0.39 is 0 Å². The minimum Gasteiger partial charge on any atom is -0.493 e. The van der Waals surface area contributed by atoms with Crippen molar-refractivity contribution in [2.75, 3.05) is 26.2 Å². The number of rotatable bonds is 4. The van der Waals surface area contributed by atoms with Crippen LogP contribution in [0.5, 0.6) is 5.75 Å². The van der Waals surface area contributed by atoms with E-state index in [1.807, 2.05) is 0 Å². The summed E-state index contributed by atoms with van der Waals surface area (Å²) in [5.41, 5.74) is 8.76. The van der Waals surface area contributed by atoms with Gasteiger partial charge in [-0.25, -0.2) is 0 Å². The van der Waals surface area contributed by atoms with E-state index in [4.69, 9.17) is 10.5 Å². The van der Waals surface area contributed by atoms with E-state index in [0.717, 1.165) is 32.0 Å². The van der Waals surface area contributed by atoms with Crippen molar-refractivity contribution < 1.29 is 4.74 Å². The molecule has 1 heterocycles. The van der Waals surface area contributed by atoms with Crippen LogP contribution in [0.1, 0.15) is 31.0 Å². The highest BCUT2D eigenvalue weighted by Crippen LogP contribution is 2.36. The molecule has 0 spiro atoms. The summed E-state index contributed by atoms with van der Waals surface area (Å²) < 4.78 is 5.92. The molecule has 1 aromatic rings. The minimum atomic E-state index is 0.0919. The number of hydrogen-bond acceptors (Lipinski definition) is 3. The first-order valence-corrected chi connectivity index (χ1v) is 6.87. The second kappa shape index (κ2) is 5.72. The Bertz CT molecular complexity index is 401. The lowest BCUT2D eigenvalue weighted by molar-refractivity contribution is 0.144. The molecule has 3 nitrogen and oxygen atoms in total. The zero-order chi connectivity index (χ0) is 13.1. The van der Waals surface area contributed by atoms with E-state index in [1.165, 1.54) is 11.1 Å². The molecule has 0 aliphatic carbocycles. The van der Waals surface area contributed by atoms with Crippen molar-refractivity contribution in [1.82, 2.24) is 4.90 Å². The van der Waals surface area contributed by atoms with Crippen LogP contribution in [-0.2, 0) is 0 Å². The van der Waals surface area contributed by atoms with Gasteiger partial charge in [0.05, 0.1) is 6.61 Å². The minimum absolute atomic E-state index is 0.0919. The highest BCUT2D eigenvalue weighted by atomic mass is 16.5. The molecule has 1 aliphatic heterocycles. The summed E-state index contributed by atoms with van der Waals surface area (Å²) in [6.45, 7) is 10.3. The molecule has 2 unspecified atom stereocenters. The maximum Gasteiger partial charge on any atom is 0.126 e. The van der Waals surface area contributed by atoms with Crippen LogP contribution in [0.2, 0.25) is 0 Å². The molecular formula is C15H24N2O. The van der Waals surface area contributed by atoms with E-state index >= 15 is 0 Å². The summed E-state index contributed by atoms with van der Waals surface area (Å²) in [7, 11) is 0. The van der Waals surface area contributed by atoms with Gasteiger partial charge in [0.1, 0.15) is 5.75 Å². The third-order valence-corrected chi connectivity index (χ3v) is 3.94. The molecule has 18 heavy (non-hydrogen) atoms. The molecule has 0 radical (unpaired) electrons. The average Bonchev–Trinajstić information content (AvgIpc) is 2.39. The van der Waals surface area contributed by atoms with E-state index in [2.05, 4.69) is 43.9 Å². The third-order valence-electron chi connectivity index (χ3n) is 3.94. The number of benzene rings is 1. The van der Waals surface area contributed by atoms with Gasteiger partial charge in [0.2, 0.25) is 0 Å². The molecule has 0 bridgehead atoms. The average molecular weight is 248 g/mol. The third kappa shape index (κ3) is 2.52. The zero-order valence-electron chi connectivity index (χ0n) is 11.6. The van der Waals surface area contributed by atoms with Gasteiger partial charge >= 0.3 is 0 Å². The molecule has 1 aromatic carbocycles. The van der Waals surface area contributed by atoms with Gasteiger partial charge in [-0.15, -0.1) is 0 Å². The Balaban J connectivity index is 2.15. The van der Waals surface area contributed by atoms with Crippen molar-refractivity contribution in [1.29, 1.82) is 0 Å². The van der Waals surface area contributed by atoms with Crippen LogP contribution in [0.15, 0.2) is 18.2 Å². The Labute approximate surface area is 110 Å². The zero-order valence-corrected chi connectivity index (χ0v) is 11.6. The molecule has 0 amide bonds. The molecule has 100 valence electrons. The standard InChI is InChI=1S/C15H24N2O/c1-4-17(5-2)9-12-10-18-15-11(3)7-6-8-13(15)14(12)16/h6-8,12,14H,4-5,9-10,16H2,1-3H3. The summed E-state index contributed by atoms with van der Waals surface area (Å²) in [5.74, 6) is 1.39. The predicted octanol–water partition coefficient (Wildman–Crippen LogP) is 2.35. The summed E-state index contributed by atoms with van der Waals surface area (Å²) in [4.78, 5) is 2.41. The second-order valence-electron chi connectivity index (χ2n) is 5.08. The van der Waals surface area contributed by atoms with Gasteiger partial charge < -0.3 is 15.4 Å². The number of ether oxygens (including phenoxy) is 1. The molecule has 0 saturated carbocycles. The van der Waals surface area contributed by atoms with Gasteiger partial charge in [-0.1, -0.05) is 32.0 Å². The lowest BCUT2D eigenvalue weighted by atomic mass is 9.89. The van der Waals surface area contributed by atoms with Crippen LogP contribution >= 0.6 is 0 Å². The fraction of sp³-hybridized carbons (Fsp3) is 0.600. The summed E-state index contributed by atoms with van der Waals surface area (Å²) in [6.07, 6.45) is 0. The molecular weight excluding hydrogens is 224 g/mol. The summed E-state index contributed by atoms with van der Waals surface area (Å²) in [5, 5.41) is 0. The monoisotopic (exact) mass is 248 g/mol. The van der Waals surface area contributed by atoms with Gasteiger partial charge in [0.25, 0.3) is 0 Å². The fourth-order valence-electron chi connectivity index (χ4n) is 2.66. The van der Waals surface area contributed by atoms with Crippen LogP contribution in [0, 0.1) is 12.8 Å². The SMILES string of the molecule is CCN(CC)CC1COc2c(C)cccc2C1N. The van der Waals surface area contributed by atoms with Crippen LogP contribution < -0.4 is 10.5 Å². The van der Waals surface area contributed by atoms with Gasteiger partial charge in [0, 0.05) is 24.1 Å². The van der Waals surface area contributed by atoms with Crippen molar-refractivity contribution in [3.63, 3.8) is 0 Å². The smallest absolute Gasteiger partial charge is 0.126 e. The van der Waals surface area contributed by atoms with Gasteiger partial charge in [-0.05, 0) is 25.6 Å². The van der Waals surface area contributed by atoms with Gasteiger partial charge in [-0.3, -0.25) is 0 Å². The Kier molecular flexibility index (Phi) is 4.25. The highest BCUT2D eigenvalue weighted by molar-refractivity contribution is 5.44. The molecule has 0 aromatic heterocycles. The van der Waals surface area contributed by atoms with E-state index in [-0.39, 0.29) is 6.04 Å². The van der Waals surface area contributed by atoms with Gasteiger partial charge in [0.15, 0.2) is 0 Å². The lowest BCUT2D eigenvalue weighted by Crippen LogP contribution is -2.40. The quantitative estimate of drug-likeness (QED) is 0.889. The van der Waals surface area contributed by atoms with Crippen molar-refractivity contribution in [2.24, 2.45) is 11.7 Å². The van der Waals surface area contributed by atoms with Crippen LogP contribution in [0.3, 0.4) is 0 Å². The molecule has 0 saturated heterocycles. The number of nitrogens with two attached hydrogens (primary N) is 1. The van der Waals surface area contributed by atoms with E-state index in [9.17, 15) is 0 Å². The maximum absolute atomic E-state index is 6.41. The fourth-order valence-corrected chi connectivity index (χ4v) is 2.66. The molecule has 0 fully saturated rings. The number of fused-ring (bicyclic) bond motifs is 1. The molecule has 2 atom stereocenters. The molecule has 1 aliphatic rings. The molecule has 3 heteroatoms. The topological polar surface area (TPSA) is 38.5 Å². The van der Waals surface area contributed by atoms with Crippen molar-refractivity contribution >= 4 is 0 Å². The van der Waals surface area contributed by atoms with E-state index in [0.29, 0.717) is 5.92 Å². The Morgan fingerprint density at radius 2 is 2.06 bits per heavy atom. The van der Waals surface area contributed by atoms with Crippen LogP contribution in [-0.4, -0.2) is 31.1 Å². The molecule has 2 N–H and O–H groups in total. The Morgan fingerprint density at radius 1 is 1.33 bits per heavy atom. The van der Waals surface area contributed by atoms with Gasteiger partial charge in [-0.2, -0.15) is 0 Å². The molecule has 2 rings (SSSR count). The van der Waals surface area contributed by atoms with Crippen molar-refractivity contribution in [2.45, 2.75) is 26.8 Å². The van der Waals surface area contributed by atoms with Crippen molar-refractivity contribution in [3.05, 3.63) is 29.3 Å². The normalized spacial score (nSPS) is 22.7. The number of nitrogens with zero attached hydrogens (tertiary/aromatic N) is 1. The largest absolute Gasteiger partial charge is 0.493 e. The number of para-hydroxylation sites is 1. The lowest BCUT2D eigenvalue weighted by Gasteiger charge is -2.35. The number of hydrogen-bond donors (Lipinski definition) is 1. The van der Waals surface area contributed by atoms with Crippen LogP contribution in [0.4, 0.5) is 0 Å². The Morgan fingerprint density at radius 3 is 2.72 bits per heavy atom. The van der Waals surface area contributed by atoms with Crippen LogP contribution in [0.25, 0.3) is 0 Å². The first kappa shape index (κ1) is 13.4. The summed E-state index contributed by atoms with van der Waals surface area (Å²) >= 11 is 0. The van der Waals surface area contributed by atoms with Crippen molar-refractivity contribution in [3.8, 4) is 5.75 Å². The van der Waals surface area contributed by atoms with E-state index in [1.54, 1.807) is 0 Å². The summed E-state index contributed by atoms with van der Waals surface area (Å²) in [6, 6.07) is 6.34. The highest BCUT2D eigenvalue weighted by Gasteiger charge is 2.29. The first-order chi connectivity index (χ1) is 8.67. The Hall–Kier alpha value is -1.06. The number of aryl methyl sites for hydroxylation is 1. The second-order valence-corrected chi connectivity index (χ2v) is 5.08. The first-order valence-electron chi connectivity index (χ1n) is 6.87. The predicted molar refractivity (Wildman–Crippen MR) is 74.9 cm³/mol. The maximum atomic E-state index is 6.41.